The Hall–Kier alpha value is -2.81. The molecule has 0 atom stereocenters. The lowest BCUT2D eigenvalue weighted by Crippen LogP contribution is -1.99. The number of phenolic OH excluding ortho intramolecular Hbond substituents is 1. The second-order valence-electron chi connectivity index (χ2n) is 5.65. The number of phenols is 1. The fourth-order valence-electron chi connectivity index (χ4n) is 2.56. The Labute approximate surface area is 141 Å². The average molecular weight is 322 g/mol. The maximum Gasteiger partial charge on any atom is 0.123 e. The zero-order valence-corrected chi connectivity index (χ0v) is 13.3. The van der Waals surface area contributed by atoms with Gasteiger partial charge < -0.3 is 9.84 Å². The first-order chi connectivity index (χ1) is 11.7. The highest BCUT2D eigenvalue weighted by Crippen LogP contribution is 2.24. The third-order valence-corrected chi connectivity index (χ3v) is 3.82. The van der Waals surface area contributed by atoms with Gasteiger partial charge in [0.25, 0.3) is 0 Å². The maximum atomic E-state index is 13.1. The molecule has 0 aromatic heterocycles. The fraction of sp³-hybridized carbons (Fsp3) is 0.143. The quantitative estimate of drug-likeness (QED) is 0.631. The molecular formula is C21H19FO2. The zero-order valence-electron chi connectivity index (χ0n) is 13.3. The zero-order chi connectivity index (χ0) is 16.8. The summed E-state index contributed by atoms with van der Waals surface area (Å²) < 4.78 is 18.8. The van der Waals surface area contributed by atoms with Crippen molar-refractivity contribution in [2.75, 3.05) is 6.61 Å². The van der Waals surface area contributed by atoms with Crippen LogP contribution in [0.25, 0.3) is 11.1 Å². The number of halogens is 1. The first kappa shape index (κ1) is 16.1. The molecule has 0 aliphatic rings. The summed E-state index contributed by atoms with van der Waals surface area (Å²) >= 11 is 0. The lowest BCUT2D eigenvalue weighted by Gasteiger charge is -2.08. The van der Waals surface area contributed by atoms with Crippen LogP contribution in [0.2, 0.25) is 0 Å². The lowest BCUT2D eigenvalue weighted by atomic mass is 10.1. The van der Waals surface area contributed by atoms with Gasteiger partial charge in [0.15, 0.2) is 0 Å². The molecule has 2 nitrogen and oxygen atoms in total. The Kier molecular flexibility index (Phi) is 5.12. The van der Waals surface area contributed by atoms with Crippen molar-refractivity contribution in [2.24, 2.45) is 0 Å². The van der Waals surface area contributed by atoms with Gasteiger partial charge in [-0.15, -0.1) is 0 Å². The van der Waals surface area contributed by atoms with Gasteiger partial charge in [-0.25, -0.2) is 4.39 Å². The molecule has 3 aromatic rings. The van der Waals surface area contributed by atoms with Gasteiger partial charge in [0.2, 0.25) is 0 Å². The maximum absolute atomic E-state index is 13.1. The minimum atomic E-state index is -0.196. The van der Waals surface area contributed by atoms with E-state index in [0.717, 1.165) is 35.3 Å². The smallest absolute Gasteiger partial charge is 0.123 e. The molecule has 122 valence electrons. The van der Waals surface area contributed by atoms with Crippen LogP contribution >= 0.6 is 0 Å². The monoisotopic (exact) mass is 322 g/mol. The molecule has 0 bridgehead atoms. The highest BCUT2D eigenvalue weighted by molar-refractivity contribution is 5.64. The Morgan fingerprint density at radius 3 is 2.17 bits per heavy atom. The Morgan fingerprint density at radius 2 is 1.50 bits per heavy atom. The van der Waals surface area contributed by atoms with Crippen LogP contribution in [0, 0.1) is 5.82 Å². The number of aromatic hydroxyl groups is 1. The molecule has 0 saturated carbocycles. The molecule has 0 fully saturated rings. The minimum Gasteiger partial charge on any atom is -0.508 e. The van der Waals surface area contributed by atoms with Crippen LogP contribution in [-0.4, -0.2) is 11.7 Å². The number of hydrogen-bond acceptors (Lipinski definition) is 2. The van der Waals surface area contributed by atoms with E-state index in [-0.39, 0.29) is 11.6 Å². The Balaban J connectivity index is 1.50. The first-order valence-corrected chi connectivity index (χ1v) is 7.97. The minimum absolute atomic E-state index is 0.196. The van der Waals surface area contributed by atoms with E-state index in [0.29, 0.717) is 6.61 Å². The molecule has 3 heteroatoms. The van der Waals surface area contributed by atoms with E-state index in [2.05, 4.69) is 0 Å². The molecule has 0 aliphatic carbocycles. The van der Waals surface area contributed by atoms with Gasteiger partial charge in [0, 0.05) is 0 Å². The van der Waals surface area contributed by atoms with E-state index in [1.807, 2.05) is 42.5 Å². The normalized spacial score (nSPS) is 10.5. The summed E-state index contributed by atoms with van der Waals surface area (Å²) in [5.74, 6) is 0.881. The topological polar surface area (TPSA) is 29.5 Å². The van der Waals surface area contributed by atoms with E-state index < -0.39 is 0 Å². The highest BCUT2D eigenvalue weighted by Gasteiger charge is 2.00. The van der Waals surface area contributed by atoms with Gasteiger partial charge in [0.1, 0.15) is 17.3 Å². The molecule has 3 rings (SSSR count). The number of rotatable bonds is 6. The predicted molar refractivity (Wildman–Crippen MR) is 93.8 cm³/mol. The van der Waals surface area contributed by atoms with Crippen molar-refractivity contribution >= 4 is 0 Å². The first-order valence-electron chi connectivity index (χ1n) is 7.97. The summed E-state index contributed by atoms with van der Waals surface area (Å²) in [5, 5.41) is 9.32. The van der Waals surface area contributed by atoms with Crippen molar-refractivity contribution in [1.29, 1.82) is 0 Å². The third-order valence-electron chi connectivity index (χ3n) is 3.82. The van der Waals surface area contributed by atoms with Crippen molar-refractivity contribution in [3.63, 3.8) is 0 Å². The number of benzene rings is 3. The summed E-state index contributed by atoms with van der Waals surface area (Å²) in [4.78, 5) is 0. The Morgan fingerprint density at radius 1 is 0.833 bits per heavy atom. The summed E-state index contributed by atoms with van der Waals surface area (Å²) in [7, 11) is 0. The van der Waals surface area contributed by atoms with E-state index in [9.17, 15) is 9.50 Å². The van der Waals surface area contributed by atoms with Gasteiger partial charge in [-0.2, -0.15) is 0 Å². The third kappa shape index (κ3) is 4.35. The van der Waals surface area contributed by atoms with E-state index in [1.54, 1.807) is 24.3 Å². The molecule has 0 spiro atoms. The van der Waals surface area contributed by atoms with Crippen LogP contribution in [0.15, 0.2) is 72.8 Å². The van der Waals surface area contributed by atoms with Crippen LogP contribution < -0.4 is 4.74 Å². The molecule has 1 N–H and O–H groups in total. The Bertz CT molecular complexity index is 780. The number of ether oxygens (including phenoxy) is 1. The van der Waals surface area contributed by atoms with Crippen LogP contribution in [0.3, 0.4) is 0 Å². The van der Waals surface area contributed by atoms with Crippen molar-refractivity contribution in [1.82, 2.24) is 0 Å². The SMILES string of the molecule is Oc1ccc(-c2ccc(OCCCc3cccc(F)c3)cc2)cc1. The second kappa shape index (κ2) is 7.64. The summed E-state index contributed by atoms with van der Waals surface area (Å²) in [5.41, 5.74) is 3.11. The summed E-state index contributed by atoms with van der Waals surface area (Å²) in [6.45, 7) is 0.592. The molecular weight excluding hydrogens is 303 g/mol. The summed E-state index contributed by atoms with van der Waals surface area (Å²) in [6.07, 6.45) is 1.63. The van der Waals surface area contributed by atoms with Crippen LogP contribution in [0.5, 0.6) is 11.5 Å². The van der Waals surface area contributed by atoms with Gasteiger partial charge in [0.05, 0.1) is 6.61 Å². The van der Waals surface area contributed by atoms with Gasteiger partial charge in [-0.3, -0.25) is 0 Å². The number of aryl methyl sites for hydroxylation is 1. The highest BCUT2D eigenvalue weighted by atomic mass is 19.1. The van der Waals surface area contributed by atoms with E-state index in [4.69, 9.17) is 4.74 Å². The summed E-state index contributed by atoms with van der Waals surface area (Å²) in [6, 6.07) is 21.6. The second-order valence-corrected chi connectivity index (χ2v) is 5.65. The lowest BCUT2D eigenvalue weighted by molar-refractivity contribution is 0.311. The molecule has 0 unspecified atom stereocenters. The average Bonchev–Trinajstić information content (AvgIpc) is 2.60. The van der Waals surface area contributed by atoms with Gasteiger partial charge in [-0.05, 0) is 65.9 Å². The van der Waals surface area contributed by atoms with Crippen LogP contribution in [0.4, 0.5) is 4.39 Å². The molecule has 0 heterocycles. The van der Waals surface area contributed by atoms with Crippen molar-refractivity contribution in [2.45, 2.75) is 12.8 Å². The van der Waals surface area contributed by atoms with Gasteiger partial charge in [-0.1, -0.05) is 36.4 Å². The number of hydrogen-bond donors (Lipinski definition) is 1. The van der Waals surface area contributed by atoms with E-state index in [1.165, 1.54) is 6.07 Å². The van der Waals surface area contributed by atoms with E-state index >= 15 is 0 Å². The predicted octanol–water partition coefficient (Wildman–Crippen LogP) is 5.21. The van der Waals surface area contributed by atoms with Crippen LogP contribution in [-0.2, 0) is 6.42 Å². The standard InChI is InChI=1S/C21H19FO2/c22-19-5-1-3-16(15-19)4-2-14-24-21-12-8-18(9-13-21)17-6-10-20(23)11-7-17/h1,3,5-13,15,23H,2,4,14H2. The molecule has 0 radical (unpaired) electrons. The van der Waals surface area contributed by atoms with Crippen LogP contribution in [0.1, 0.15) is 12.0 Å². The fourth-order valence-corrected chi connectivity index (χ4v) is 2.56. The molecule has 24 heavy (non-hydrogen) atoms. The molecule has 0 aliphatic heterocycles. The van der Waals surface area contributed by atoms with Crippen molar-refractivity contribution < 1.29 is 14.2 Å². The molecule has 0 saturated heterocycles. The van der Waals surface area contributed by atoms with Crippen molar-refractivity contribution in [3.05, 3.63) is 84.2 Å². The van der Waals surface area contributed by atoms with Crippen molar-refractivity contribution in [3.8, 4) is 22.6 Å². The molecule has 0 amide bonds. The largest absolute Gasteiger partial charge is 0.508 e. The molecule has 3 aromatic carbocycles. The van der Waals surface area contributed by atoms with Gasteiger partial charge >= 0.3 is 0 Å².